The van der Waals surface area contributed by atoms with Gasteiger partial charge in [-0.2, -0.15) is 0 Å². The van der Waals surface area contributed by atoms with Crippen LogP contribution in [0.4, 0.5) is 5.82 Å². The van der Waals surface area contributed by atoms with Gasteiger partial charge in [-0.15, -0.1) is 0 Å². The number of anilines is 1. The van der Waals surface area contributed by atoms with Gasteiger partial charge in [0.1, 0.15) is 11.4 Å². The first-order chi connectivity index (χ1) is 8.04. The van der Waals surface area contributed by atoms with Crippen LogP contribution in [0, 0.1) is 6.92 Å². The number of halogens is 1. The molecule has 0 bridgehead atoms. The van der Waals surface area contributed by atoms with Crippen molar-refractivity contribution in [2.24, 2.45) is 0 Å². The average Bonchev–Trinajstić information content (AvgIpc) is 2.36. The molecule has 4 nitrogen and oxygen atoms in total. The predicted octanol–water partition coefficient (Wildman–Crippen LogP) is 3.25. The van der Waals surface area contributed by atoms with Gasteiger partial charge < -0.3 is 10.1 Å². The van der Waals surface area contributed by atoms with Crippen LogP contribution < -0.4 is 5.32 Å². The molecule has 0 amide bonds. The smallest absolute Gasteiger partial charge is 0.162 e. The Kier molecular flexibility index (Phi) is 4.89. The zero-order valence-electron chi connectivity index (χ0n) is 11.1. The Morgan fingerprint density at radius 1 is 1.29 bits per heavy atom. The summed E-state index contributed by atoms with van der Waals surface area (Å²) in [5, 5.41) is 3.07. The van der Waals surface area contributed by atoms with E-state index in [4.69, 9.17) is 4.74 Å². The second kappa shape index (κ2) is 5.78. The first-order valence-electron chi connectivity index (χ1n) is 5.82. The molecule has 0 saturated carbocycles. The van der Waals surface area contributed by atoms with E-state index in [-0.39, 0.29) is 0 Å². The summed E-state index contributed by atoms with van der Waals surface area (Å²) < 4.78 is 6.55. The van der Waals surface area contributed by atoms with E-state index in [0.717, 1.165) is 34.7 Å². The molecule has 1 rings (SSSR count). The molecule has 0 spiro atoms. The molecule has 1 aromatic rings. The number of nitrogens with one attached hydrogen (secondary N) is 1. The molecule has 1 aromatic heterocycles. The van der Waals surface area contributed by atoms with Gasteiger partial charge in [-0.1, -0.05) is 13.8 Å². The molecule has 0 saturated heterocycles. The molecule has 0 aliphatic rings. The molecule has 0 aliphatic carbocycles. The van der Waals surface area contributed by atoms with E-state index >= 15 is 0 Å². The molecular weight excluding hydrogens is 282 g/mol. The van der Waals surface area contributed by atoms with Crippen molar-refractivity contribution in [1.29, 1.82) is 0 Å². The van der Waals surface area contributed by atoms with Gasteiger partial charge in [-0.25, -0.2) is 9.97 Å². The van der Waals surface area contributed by atoms with Gasteiger partial charge in [-0.3, -0.25) is 0 Å². The molecule has 0 radical (unpaired) electrons. The lowest BCUT2D eigenvalue weighted by Crippen LogP contribution is -2.30. The number of aryl methyl sites for hydroxylation is 1. The van der Waals surface area contributed by atoms with Crippen LogP contribution in [0.25, 0.3) is 0 Å². The topological polar surface area (TPSA) is 47.0 Å². The van der Waals surface area contributed by atoms with E-state index in [1.165, 1.54) is 0 Å². The van der Waals surface area contributed by atoms with Crippen LogP contribution in [0.15, 0.2) is 4.47 Å². The van der Waals surface area contributed by atoms with Gasteiger partial charge in [-0.05, 0) is 35.7 Å². The van der Waals surface area contributed by atoms with Gasteiger partial charge in [0.15, 0.2) is 5.82 Å². The Labute approximate surface area is 111 Å². The summed E-state index contributed by atoms with van der Waals surface area (Å²) in [6, 6.07) is 0. The van der Waals surface area contributed by atoms with Gasteiger partial charge >= 0.3 is 0 Å². The van der Waals surface area contributed by atoms with E-state index in [2.05, 4.69) is 45.1 Å². The number of hydrogen-bond acceptors (Lipinski definition) is 4. The number of hydrogen-bond donors (Lipinski definition) is 1. The lowest BCUT2D eigenvalue weighted by atomic mass is 9.96. The quantitative estimate of drug-likeness (QED) is 0.907. The maximum absolute atomic E-state index is 5.65. The van der Waals surface area contributed by atoms with Crippen LogP contribution in [-0.2, 0) is 10.3 Å². The van der Waals surface area contributed by atoms with Gasteiger partial charge in [0.2, 0.25) is 0 Å². The van der Waals surface area contributed by atoms with Gasteiger partial charge in [0, 0.05) is 14.2 Å². The summed E-state index contributed by atoms with van der Waals surface area (Å²) in [6.45, 7) is 6.14. The van der Waals surface area contributed by atoms with E-state index in [9.17, 15) is 0 Å². The normalized spacial score (nSPS) is 11.6. The number of methoxy groups -OCH3 is 1. The molecular formula is C12H20BrN3O. The van der Waals surface area contributed by atoms with Crippen molar-refractivity contribution in [3.05, 3.63) is 16.0 Å². The van der Waals surface area contributed by atoms with Crippen molar-refractivity contribution in [1.82, 2.24) is 9.97 Å². The van der Waals surface area contributed by atoms with Crippen molar-refractivity contribution >= 4 is 21.7 Å². The lowest BCUT2D eigenvalue weighted by Gasteiger charge is -2.29. The number of rotatable bonds is 5. The highest BCUT2D eigenvalue weighted by Gasteiger charge is 2.32. The maximum Gasteiger partial charge on any atom is 0.162 e. The third-order valence-corrected chi connectivity index (χ3v) is 4.14. The highest BCUT2D eigenvalue weighted by Crippen LogP contribution is 2.33. The molecule has 96 valence electrons. The van der Waals surface area contributed by atoms with Gasteiger partial charge in [0.25, 0.3) is 0 Å². The van der Waals surface area contributed by atoms with E-state index < -0.39 is 5.60 Å². The molecule has 0 atom stereocenters. The van der Waals surface area contributed by atoms with Crippen molar-refractivity contribution < 1.29 is 4.74 Å². The molecule has 1 N–H and O–H groups in total. The Hall–Kier alpha value is -0.680. The molecule has 1 heterocycles. The summed E-state index contributed by atoms with van der Waals surface area (Å²) >= 11 is 3.48. The highest BCUT2D eigenvalue weighted by atomic mass is 79.9. The monoisotopic (exact) mass is 301 g/mol. The van der Waals surface area contributed by atoms with Crippen molar-refractivity contribution in [3.8, 4) is 0 Å². The predicted molar refractivity (Wildman–Crippen MR) is 73.3 cm³/mol. The SMILES string of the molecule is CCC(CC)(OC)c1nc(C)c(Br)c(NC)n1. The van der Waals surface area contributed by atoms with Crippen molar-refractivity contribution in [2.75, 3.05) is 19.5 Å². The van der Waals surface area contributed by atoms with Crippen molar-refractivity contribution in [3.63, 3.8) is 0 Å². The molecule has 0 aliphatic heterocycles. The third-order valence-electron chi connectivity index (χ3n) is 3.19. The average molecular weight is 302 g/mol. The first kappa shape index (κ1) is 14.4. The Bertz CT molecular complexity index is 383. The van der Waals surface area contributed by atoms with Crippen LogP contribution in [0.2, 0.25) is 0 Å². The summed E-state index contributed by atoms with van der Waals surface area (Å²) in [5.41, 5.74) is 0.527. The van der Waals surface area contributed by atoms with Crippen LogP contribution in [-0.4, -0.2) is 24.1 Å². The highest BCUT2D eigenvalue weighted by molar-refractivity contribution is 9.10. The molecule has 0 unspecified atom stereocenters. The lowest BCUT2D eigenvalue weighted by molar-refractivity contribution is -0.0291. The summed E-state index contributed by atoms with van der Waals surface area (Å²) in [5.74, 6) is 1.55. The van der Waals surface area contributed by atoms with E-state index in [0.29, 0.717) is 0 Å². The number of ether oxygens (including phenoxy) is 1. The zero-order valence-corrected chi connectivity index (χ0v) is 12.7. The Balaban J connectivity index is 3.35. The maximum atomic E-state index is 5.65. The Morgan fingerprint density at radius 2 is 1.88 bits per heavy atom. The summed E-state index contributed by atoms with van der Waals surface area (Å²) in [6.07, 6.45) is 1.70. The first-order valence-corrected chi connectivity index (χ1v) is 6.61. The van der Waals surface area contributed by atoms with Gasteiger partial charge in [0.05, 0.1) is 10.2 Å². The van der Waals surface area contributed by atoms with Crippen LogP contribution in [0.3, 0.4) is 0 Å². The Morgan fingerprint density at radius 3 is 2.29 bits per heavy atom. The standard InChI is InChI=1S/C12H20BrN3O/c1-6-12(7-2,17-5)11-15-8(3)9(13)10(14-4)16-11/h6-7H2,1-5H3,(H,14,15,16). The summed E-state index contributed by atoms with van der Waals surface area (Å²) in [7, 11) is 3.56. The minimum absolute atomic E-state index is 0.392. The summed E-state index contributed by atoms with van der Waals surface area (Å²) in [4.78, 5) is 9.09. The van der Waals surface area contributed by atoms with E-state index in [1.54, 1.807) is 7.11 Å². The number of nitrogens with zero attached hydrogens (tertiary/aromatic N) is 2. The fraction of sp³-hybridized carbons (Fsp3) is 0.667. The fourth-order valence-electron chi connectivity index (χ4n) is 1.87. The molecule has 5 heteroatoms. The minimum atomic E-state index is -0.392. The second-order valence-corrected chi connectivity index (χ2v) is 4.74. The number of aromatic nitrogens is 2. The second-order valence-electron chi connectivity index (χ2n) is 3.95. The van der Waals surface area contributed by atoms with E-state index in [1.807, 2.05) is 14.0 Å². The fourth-order valence-corrected chi connectivity index (χ4v) is 2.25. The molecule has 0 fully saturated rings. The molecule has 17 heavy (non-hydrogen) atoms. The van der Waals surface area contributed by atoms with Crippen LogP contribution >= 0.6 is 15.9 Å². The van der Waals surface area contributed by atoms with Crippen LogP contribution in [0.1, 0.15) is 38.2 Å². The van der Waals surface area contributed by atoms with Crippen LogP contribution in [0.5, 0.6) is 0 Å². The zero-order chi connectivity index (χ0) is 13.1. The third kappa shape index (κ3) is 2.60. The van der Waals surface area contributed by atoms with Crippen molar-refractivity contribution in [2.45, 2.75) is 39.2 Å². The minimum Gasteiger partial charge on any atom is -0.372 e. The largest absolute Gasteiger partial charge is 0.372 e. The molecule has 0 aromatic carbocycles.